The van der Waals surface area contributed by atoms with Crippen molar-refractivity contribution in [3.63, 3.8) is 0 Å². The zero-order chi connectivity index (χ0) is 19.1. The number of Topliss-reactive ketones (excluding diaryl/α,β-unsaturated/α-hetero) is 1. The molecule has 0 atom stereocenters. The molecule has 138 valence electrons. The lowest BCUT2D eigenvalue weighted by molar-refractivity contribution is -0.116. The molecule has 0 aliphatic carbocycles. The summed E-state index contributed by atoms with van der Waals surface area (Å²) in [6.07, 6.45) is 0.182. The third-order valence-corrected chi connectivity index (χ3v) is 4.36. The van der Waals surface area contributed by atoms with Crippen LogP contribution in [0.2, 0.25) is 0 Å². The molecule has 26 heavy (non-hydrogen) atoms. The molecular weight excluding hydrogens is 331 g/mol. The number of hydrogen-bond donors (Lipinski definition) is 1. The number of benzene rings is 2. The van der Waals surface area contributed by atoms with Crippen LogP contribution < -0.4 is 10.2 Å². The molecule has 0 unspecified atom stereocenters. The average Bonchev–Trinajstić information content (AvgIpc) is 2.63. The summed E-state index contributed by atoms with van der Waals surface area (Å²) in [4.78, 5) is 26.4. The second-order valence-electron chi connectivity index (χ2n) is 6.15. The summed E-state index contributed by atoms with van der Waals surface area (Å²) in [5.41, 5.74) is 3.27. The predicted molar refractivity (Wildman–Crippen MR) is 103 cm³/mol. The van der Waals surface area contributed by atoms with Crippen molar-refractivity contribution >= 4 is 23.1 Å². The number of carbonyl (C=O) groups is 2. The first-order valence-corrected chi connectivity index (χ1v) is 8.88. The molecule has 0 saturated heterocycles. The van der Waals surface area contributed by atoms with E-state index < -0.39 is 0 Å². The van der Waals surface area contributed by atoms with Gasteiger partial charge < -0.3 is 10.2 Å². The maximum Gasteiger partial charge on any atom is 0.224 e. The molecule has 5 heteroatoms. The van der Waals surface area contributed by atoms with Gasteiger partial charge in [0.1, 0.15) is 5.82 Å². The van der Waals surface area contributed by atoms with Gasteiger partial charge in [0.25, 0.3) is 0 Å². The van der Waals surface area contributed by atoms with Crippen molar-refractivity contribution in [2.45, 2.75) is 33.6 Å². The number of nitrogens with zero attached hydrogens (tertiary/aromatic N) is 1. The topological polar surface area (TPSA) is 49.4 Å². The Labute approximate surface area is 154 Å². The zero-order valence-corrected chi connectivity index (χ0v) is 15.5. The maximum absolute atomic E-state index is 12.9. The normalized spacial score (nSPS) is 10.5. The molecule has 0 heterocycles. The van der Waals surface area contributed by atoms with Crippen LogP contribution in [0.3, 0.4) is 0 Å². The van der Waals surface area contributed by atoms with E-state index in [1.54, 1.807) is 0 Å². The van der Waals surface area contributed by atoms with Crippen LogP contribution in [-0.4, -0.2) is 24.8 Å². The van der Waals surface area contributed by atoms with E-state index in [2.05, 4.69) is 24.1 Å². The largest absolute Gasteiger partial charge is 0.372 e. The highest BCUT2D eigenvalue weighted by Crippen LogP contribution is 2.23. The first kappa shape index (κ1) is 19.6. The van der Waals surface area contributed by atoms with E-state index in [4.69, 9.17) is 0 Å². The Morgan fingerprint density at radius 2 is 1.65 bits per heavy atom. The van der Waals surface area contributed by atoms with Gasteiger partial charge in [-0.15, -0.1) is 0 Å². The monoisotopic (exact) mass is 356 g/mol. The number of anilines is 2. The van der Waals surface area contributed by atoms with E-state index in [0.717, 1.165) is 30.0 Å². The number of rotatable bonds is 8. The number of nitrogens with one attached hydrogen (secondary N) is 1. The molecule has 2 aromatic rings. The quantitative estimate of drug-likeness (QED) is 0.704. The van der Waals surface area contributed by atoms with E-state index in [1.165, 1.54) is 24.3 Å². The fourth-order valence-electron chi connectivity index (χ4n) is 2.79. The Morgan fingerprint density at radius 3 is 2.23 bits per heavy atom. The molecule has 2 aromatic carbocycles. The van der Waals surface area contributed by atoms with E-state index in [1.807, 2.05) is 25.1 Å². The summed E-state index contributed by atoms with van der Waals surface area (Å²) in [5.74, 6) is -0.768. The molecule has 0 saturated carbocycles. The van der Waals surface area contributed by atoms with Gasteiger partial charge in [0.2, 0.25) is 5.91 Å². The Balaban J connectivity index is 1.93. The average molecular weight is 356 g/mol. The van der Waals surface area contributed by atoms with Gasteiger partial charge in [0, 0.05) is 42.9 Å². The van der Waals surface area contributed by atoms with Crippen LogP contribution in [0.25, 0.3) is 0 Å². The van der Waals surface area contributed by atoms with E-state index in [-0.39, 0.29) is 30.3 Å². The number of amides is 1. The van der Waals surface area contributed by atoms with Crippen molar-refractivity contribution in [3.8, 4) is 0 Å². The highest BCUT2D eigenvalue weighted by atomic mass is 19.1. The van der Waals surface area contributed by atoms with E-state index >= 15 is 0 Å². The molecule has 0 aliphatic heterocycles. The van der Waals surface area contributed by atoms with Gasteiger partial charge in [-0.1, -0.05) is 0 Å². The molecule has 2 rings (SSSR count). The van der Waals surface area contributed by atoms with Crippen LogP contribution in [0.5, 0.6) is 0 Å². The molecule has 4 nitrogen and oxygen atoms in total. The molecule has 0 radical (unpaired) electrons. The van der Waals surface area contributed by atoms with Crippen LogP contribution in [0.1, 0.15) is 42.6 Å². The van der Waals surface area contributed by atoms with E-state index in [9.17, 15) is 14.0 Å². The lowest BCUT2D eigenvalue weighted by atomic mass is 10.1. The molecule has 1 amide bonds. The summed E-state index contributed by atoms with van der Waals surface area (Å²) in [5, 5.41) is 2.86. The molecular formula is C21H25FN2O2. The predicted octanol–water partition coefficient (Wildman–Crippen LogP) is 4.58. The summed E-state index contributed by atoms with van der Waals surface area (Å²) < 4.78 is 12.9. The van der Waals surface area contributed by atoms with Crippen LogP contribution in [-0.2, 0) is 4.79 Å². The number of ketones is 1. The summed E-state index contributed by atoms with van der Waals surface area (Å²) in [6, 6.07) is 11.3. The third-order valence-electron chi connectivity index (χ3n) is 4.36. The first-order chi connectivity index (χ1) is 12.4. The number of hydrogen-bond acceptors (Lipinski definition) is 3. The van der Waals surface area contributed by atoms with Crippen LogP contribution in [0.4, 0.5) is 15.8 Å². The molecule has 0 bridgehead atoms. The Bertz CT molecular complexity index is 768. The van der Waals surface area contributed by atoms with Gasteiger partial charge in [0.15, 0.2) is 5.78 Å². The second kappa shape index (κ2) is 9.13. The van der Waals surface area contributed by atoms with Crippen molar-refractivity contribution in [2.75, 3.05) is 23.3 Å². The fraction of sp³-hybridized carbons (Fsp3) is 0.333. The molecule has 0 fully saturated rings. The van der Waals surface area contributed by atoms with Gasteiger partial charge in [-0.3, -0.25) is 9.59 Å². The van der Waals surface area contributed by atoms with Crippen molar-refractivity contribution in [3.05, 3.63) is 59.4 Å². The number of aryl methyl sites for hydroxylation is 1. The molecule has 0 spiro atoms. The number of carbonyl (C=O) groups excluding carboxylic acids is 2. The minimum atomic E-state index is -0.386. The van der Waals surface area contributed by atoms with Crippen molar-refractivity contribution in [1.29, 1.82) is 0 Å². The van der Waals surface area contributed by atoms with Gasteiger partial charge in [0.05, 0.1) is 0 Å². The standard InChI is InChI=1S/C21H25FN2O2/c1-4-24(5-2)18-10-11-19(15(3)14-18)23-21(26)13-12-20(25)16-6-8-17(22)9-7-16/h6-11,14H,4-5,12-13H2,1-3H3,(H,23,26). The van der Waals surface area contributed by atoms with Gasteiger partial charge >= 0.3 is 0 Å². The van der Waals surface area contributed by atoms with E-state index in [0.29, 0.717) is 5.56 Å². The second-order valence-corrected chi connectivity index (χ2v) is 6.15. The summed E-state index contributed by atoms with van der Waals surface area (Å²) in [7, 11) is 0. The van der Waals surface area contributed by atoms with Crippen molar-refractivity contribution in [2.24, 2.45) is 0 Å². The fourth-order valence-corrected chi connectivity index (χ4v) is 2.79. The van der Waals surface area contributed by atoms with Crippen molar-refractivity contribution < 1.29 is 14.0 Å². The maximum atomic E-state index is 12.9. The highest BCUT2D eigenvalue weighted by Gasteiger charge is 2.11. The zero-order valence-electron chi connectivity index (χ0n) is 15.5. The van der Waals surface area contributed by atoms with Gasteiger partial charge in [-0.05, 0) is 68.8 Å². The smallest absolute Gasteiger partial charge is 0.224 e. The molecule has 0 aromatic heterocycles. The minimum absolute atomic E-state index is 0.0907. The number of halogens is 1. The Hall–Kier alpha value is -2.69. The summed E-state index contributed by atoms with van der Waals surface area (Å²) >= 11 is 0. The van der Waals surface area contributed by atoms with Gasteiger partial charge in [-0.25, -0.2) is 4.39 Å². The van der Waals surface area contributed by atoms with Crippen LogP contribution in [0.15, 0.2) is 42.5 Å². The van der Waals surface area contributed by atoms with Crippen LogP contribution in [0, 0.1) is 12.7 Å². The Kier molecular flexibility index (Phi) is 6.89. The lowest BCUT2D eigenvalue weighted by Gasteiger charge is -2.22. The summed E-state index contributed by atoms with van der Waals surface area (Å²) in [6.45, 7) is 8.01. The molecule has 1 N–H and O–H groups in total. The first-order valence-electron chi connectivity index (χ1n) is 8.88. The highest BCUT2D eigenvalue weighted by molar-refractivity contribution is 6.00. The van der Waals surface area contributed by atoms with Crippen molar-refractivity contribution in [1.82, 2.24) is 0 Å². The minimum Gasteiger partial charge on any atom is -0.372 e. The third kappa shape index (κ3) is 5.15. The molecule has 0 aliphatic rings. The lowest BCUT2D eigenvalue weighted by Crippen LogP contribution is -2.22. The Morgan fingerprint density at radius 1 is 1.00 bits per heavy atom. The van der Waals surface area contributed by atoms with Crippen LogP contribution >= 0.6 is 0 Å². The van der Waals surface area contributed by atoms with Gasteiger partial charge in [-0.2, -0.15) is 0 Å². The SMILES string of the molecule is CCN(CC)c1ccc(NC(=O)CCC(=O)c2ccc(F)cc2)c(C)c1.